The Hall–Kier alpha value is -1.78. The maximum atomic E-state index is 4.41. The van der Waals surface area contributed by atoms with Gasteiger partial charge in [0.2, 0.25) is 5.95 Å². The number of nitrogens with one attached hydrogen (secondary N) is 1. The molecule has 0 amide bonds. The molecule has 0 saturated heterocycles. The first-order valence-corrected chi connectivity index (χ1v) is 4.99. The van der Waals surface area contributed by atoms with Crippen LogP contribution in [0.2, 0.25) is 0 Å². The van der Waals surface area contributed by atoms with Crippen LogP contribution in [0.5, 0.6) is 0 Å². The highest BCUT2D eigenvalue weighted by atomic mass is 15.3. The highest BCUT2D eigenvalue weighted by molar-refractivity contribution is 5.48. The Kier molecular flexibility index (Phi) is 2.45. The molecule has 0 aliphatic rings. The van der Waals surface area contributed by atoms with Gasteiger partial charge in [0.15, 0.2) is 0 Å². The van der Waals surface area contributed by atoms with Crippen molar-refractivity contribution in [3.05, 3.63) is 24.2 Å². The van der Waals surface area contributed by atoms with E-state index in [0.717, 1.165) is 24.0 Å². The summed E-state index contributed by atoms with van der Waals surface area (Å²) in [6.45, 7) is 4.98. The third kappa shape index (κ3) is 1.86. The molecule has 2 aromatic rings. The minimum absolute atomic E-state index is 0.860. The highest BCUT2D eigenvalue weighted by Gasteiger charge is 2.05. The van der Waals surface area contributed by atoms with Crippen molar-refractivity contribution >= 4 is 11.8 Å². The Morgan fingerprint density at radius 1 is 1.47 bits per heavy atom. The van der Waals surface area contributed by atoms with Gasteiger partial charge in [-0.1, -0.05) is 0 Å². The monoisotopic (exact) mass is 205 g/mol. The van der Waals surface area contributed by atoms with Crippen molar-refractivity contribution in [2.24, 2.45) is 7.05 Å². The fourth-order valence-corrected chi connectivity index (χ4v) is 1.50. The zero-order valence-corrected chi connectivity index (χ0v) is 9.23. The van der Waals surface area contributed by atoms with E-state index in [-0.39, 0.29) is 0 Å². The van der Waals surface area contributed by atoms with E-state index in [1.165, 1.54) is 0 Å². The van der Waals surface area contributed by atoms with Gasteiger partial charge in [0.05, 0.1) is 11.9 Å². The molecule has 0 fully saturated rings. The van der Waals surface area contributed by atoms with Gasteiger partial charge in [0, 0.05) is 25.9 Å². The lowest BCUT2D eigenvalue weighted by molar-refractivity contribution is 0.753. The van der Waals surface area contributed by atoms with Gasteiger partial charge in [0.25, 0.3) is 0 Å². The minimum atomic E-state index is 0.860. The molecule has 5 heteroatoms. The number of anilines is 2. The van der Waals surface area contributed by atoms with E-state index in [4.69, 9.17) is 0 Å². The largest absolute Gasteiger partial charge is 0.317 e. The smallest absolute Gasteiger partial charge is 0.208 e. The first kappa shape index (κ1) is 9.76. The van der Waals surface area contributed by atoms with Crippen LogP contribution in [0.15, 0.2) is 18.5 Å². The number of aryl methyl sites for hydroxylation is 3. The van der Waals surface area contributed by atoms with Gasteiger partial charge < -0.3 is 9.88 Å². The first-order chi connectivity index (χ1) is 7.20. The van der Waals surface area contributed by atoms with Crippen LogP contribution in [0.4, 0.5) is 11.8 Å². The van der Waals surface area contributed by atoms with Gasteiger partial charge in [0.1, 0.15) is 5.82 Å². The van der Waals surface area contributed by atoms with Gasteiger partial charge >= 0.3 is 0 Å². The summed E-state index contributed by atoms with van der Waals surface area (Å²) in [6.07, 6.45) is 3.78. The lowest BCUT2D eigenvalue weighted by atomic mass is 10.6. The fourth-order valence-electron chi connectivity index (χ4n) is 1.50. The molecule has 0 spiro atoms. The molecule has 0 unspecified atom stereocenters. The average molecular weight is 205 g/mol. The summed E-state index contributed by atoms with van der Waals surface area (Å²) in [7, 11) is 1.90. The lowest BCUT2D eigenvalue weighted by Gasteiger charge is -2.07. The van der Waals surface area contributed by atoms with Crippen LogP contribution >= 0.6 is 0 Å². The van der Waals surface area contributed by atoms with Crippen molar-refractivity contribution in [3.63, 3.8) is 0 Å². The zero-order valence-electron chi connectivity index (χ0n) is 9.23. The molecule has 15 heavy (non-hydrogen) atoms. The van der Waals surface area contributed by atoms with E-state index in [0.29, 0.717) is 0 Å². The van der Waals surface area contributed by atoms with E-state index < -0.39 is 0 Å². The highest BCUT2D eigenvalue weighted by Crippen LogP contribution is 2.14. The van der Waals surface area contributed by atoms with Gasteiger partial charge in [-0.15, -0.1) is 0 Å². The maximum Gasteiger partial charge on any atom is 0.208 e. The Morgan fingerprint density at radius 2 is 2.27 bits per heavy atom. The van der Waals surface area contributed by atoms with Crippen LogP contribution in [-0.2, 0) is 13.6 Å². The summed E-state index contributed by atoms with van der Waals surface area (Å²) in [5.74, 6) is 1.80. The molecule has 0 aliphatic heterocycles. The van der Waals surface area contributed by atoms with Gasteiger partial charge in [-0.3, -0.25) is 4.68 Å². The molecular weight excluding hydrogens is 190 g/mol. The third-order valence-corrected chi connectivity index (χ3v) is 2.30. The molecule has 0 atom stereocenters. The maximum absolute atomic E-state index is 4.41. The number of hydrogen-bond donors (Lipinski definition) is 1. The van der Waals surface area contributed by atoms with E-state index in [1.807, 2.05) is 26.2 Å². The van der Waals surface area contributed by atoms with E-state index in [1.54, 1.807) is 10.9 Å². The molecule has 0 aromatic carbocycles. The first-order valence-electron chi connectivity index (χ1n) is 4.99. The predicted octanol–water partition coefficient (Wildman–Crippen LogP) is 1.69. The molecule has 2 heterocycles. The van der Waals surface area contributed by atoms with E-state index in [9.17, 15) is 0 Å². The molecule has 2 rings (SSSR count). The molecule has 2 aromatic heterocycles. The zero-order chi connectivity index (χ0) is 10.8. The Bertz CT molecular complexity index is 454. The second kappa shape index (κ2) is 3.76. The molecule has 0 aliphatic carbocycles. The van der Waals surface area contributed by atoms with Crippen LogP contribution in [0.1, 0.15) is 12.6 Å². The van der Waals surface area contributed by atoms with Crippen LogP contribution in [0, 0.1) is 6.92 Å². The fraction of sp³-hybridized carbons (Fsp3) is 0.400. The summed E-state index contributed by atoms with van der Waals surface area (Å²) < 4.78 is 3.85. The van der Waals surface area contributed by atoms with E-state index in [2.05, 4.69) is 26.9 Å². The third-order valence-electron chi connectivity index (χ3n) is 2.30. The number of imidazole rings is 1. The van der Waals surface area contributed by atoms with Crippen LogP contribution in [-0.4, -0.2) is 19.3 Å². The summed E-state index contributed by atoms with van der Waals surface area (Å²) in [6, 6.07) is 1.92. The van der Waals surface area contributed by atoms with Crippen LogP contribution < -0.4 is 5.32 Å². The summed E-state index contributed by atoms with van der Waals surface area (Å²) >= 11 is 0. The minimum Gasteiger partial charge on any atom is -0.317 e. The summed E-state index contributed by atoms with van der Waals surface area (Å²) in [5, 5.41) is 7.34. The molecule has 80 valence electrons. The summed E-state index contributed by atoms with van der Waals surface area (Å²) in [5.41, 5.74) is 1.02. The molecule has 0 radical (unpaired) electrons. The molecule has 1 N–H and O–H groups in total. The van der Waals surface area contributed by atoms with E-state index >= 15 is 0 Å². The quantitative estimate of drug-likeness (QED) is 0.829. The van der Waals surface area contributed by atoms with Gasteiger partial charge in [-0.05, 0) is 13.8 Å². The number of aromatic nitrogens is 4. The van der Waals surface area contributed by atoms with Gasteiger partial charge in [-0.2, -0.15) is 5.10 Å². The Labute approximate surface area is 88.7 Å². The van der Waals surface area contributed by atoms with Crippen molar-refractivity contribution < 1.29 is 0 Å². The second-order valence-corrected chi connectivity index (χ2v) is 3.46. The van der Waals surface area contributed by atoms with Crippen LogP contribution in [0.25, 0.3) is 0 Å². The molecule has 0 saturated carbocycles. The standard InChI is InChI=1S/C10H15N5/c1-4-15-7-8(2)12-10(15)13-9-5-6-11-14(9)3/h5-7H,4H2,1-3H3,(H,12,13). The second-order valence-electron chi connectivity index (χ2n) is 3.46. The molecular formula is C10H15N5. The number of hydrogen-bond acceptors (Lipinski definition) is 3. The SMILES string of the molecule is CCn1cc(C)nc1Nc1ccnn1C. The average Bonchev–Trinajstić information content (AvgIpc) is 2.75. The normalized spacial score (nSPS) is 10.6. The van der Waals surface area contributed by atoms with Crippen molar-refractivity contribution in [3.8, 4) is 0 Å². The molecule has 5 nitrogen and oxygen atoms in total. The van der Waals surface area contributed by atoms with Crippen molar-refractivity contribution in [1.82, 2.24) is 19.3 Å². The molecule has 0 bridgehead atoms. The summed E-state index contributed by atoms with van der Waals surface area (Å²) in [4.78, 5) is 4.41. The predicted molar refractivity (Wildman–Crippen MR) is 59.1 cm³/mol. The van der Waals surface area contributed by atoms with Crippen LogP contribution in [0.3, 0.4) is 0 Å². The van der Waals surface area contributed by atoms with Crippen molar-refractivity contribution in [1.29, 1.82) is 0 Å². The number of nitrogens with zero attached hydrogens (tertiary/aromatic N) is 4. The Morgan fingerprint density at radius 3 is 2.87 bits per heavy atom. The topological polar surface area (TPSA) is 47.7 Å². The number of rotatable bonds is 3. The van der Waals surface area contributed by atoms with Crippen molar-refractivity contribution in [2.45, 2.75) is 20.4 Å². The van der Waals surface area contributed by atoms with Crippen molar-refractivity contribution in [2.75, 3.05) is 5.32 Å². The lowest BCUT2D eigenvalue weighted by Crippen LogP contribution is -2.04. The Balaban J connectivity index is 2.27. The van der Waals surface area contributed by atoms with Gasteiger partial charge in [-0.25, -0.2) is 4.98 Å².